The van der Waals surface area contributed by atoms with Crippen molar-refractivity contribution >= 4 is 11.6 Å². The summed E-state index contributed by atoms with van der Waals surface area (Å²) >= 11 is 0. The van der Waals surface area contributed by atoms with E-state index in [0.717, 1.165) is 37.4 Å². The second-order valence-electron chi connectivity index (χ2n) is 5.39. The molecular weight excluding hydrogens is 254 g/mol. The second kappa shape index (κ2) is 6.13. The molecule has 5 nitrogen and oxygen atoms in total. The Bertz CT molecular complexity index is 468. The van der Waals surface area contributed by atoms with Gasteiger partial charge in [0.25, 0.3) is 0 Å². The summed E-state index contributed by atoms with van der Waals surface area (Å²) in [6.07, 6.45) is 1.56. The number of nitrogens with one attached hydrogen (secondary N) is 2. The van der Waals surface area contributed by atoms with E-state index in [9.17, 15) is 4.79 Å². The van der Waals surface area contributed by atoms with Crippen molar-refractivity contribution in [1.29, 1.82) is 0 Å². The molecule has 1 heterocycles. The summed E-state index contributed by atoms with van der Waals surface area (Å²) in [6, 6.07) is 7.71. The highest BCUT2D eigenvalue weighted by Crippen LogP contribution is 2.28. The van der Waals surface area contributed by atoms with E-state index < -0.39 is 5.54 Å². The minimum Gasteiger partial charge on any atom is -0.497 e. The average molecular weight is 277 g/mol. The van der Waals surface area contributed by atoms with E-state index in [-0.39, 0.29) is 5.91 Å². The summed E-state index contributed by atoms with van der Waals surface area (Å²) in [5.74, 6) is 0.915. The molecule has 0 radical (unpaired) electrons. The van der Waals surface area contributed by atoms with Gasteiger partial charge in [-0.2, -0.15) is 0 Å². The highest BCUT2D eigenvalue weighted by atomic mass is 16.5. The molecule has 0 aromatic heterocycles. The molecule has 1 aliphatic heterocycles. The van der Waals surface area contributed by atoms with Gasteiger partial charge < -0.3 is 20.3 Å². The minimum absolute atomic E-state index is 0.127. The quantitative estimate of drug-likeness (QED) is 0.871. The maximum absolute atomic E-state index is 12.6. The SMILES string of the molecule is COc1cccc(NC2(C(=O)N(C)C)CCNCC2)c1. The van der Waals surface area contributed by atoms with Crippen LogP contribution in [-0.2, 0) is 4.79 Å². The zero-order chi connectivity index (χ0) is 14.6. The summed E-state index contributed by atoms with van der Waals surface area (Å²) in [7, 11) is 5.25. The highest BCUT2D eigenvalue weighted by molar-refractivity contribution is 5.89. The van der Waals surface area contributed by atoms with Gasteiger partial charge in [-0.05, 0) is 38.1 Å². The van der Waals surface area contributed by atoms with Crippen molar-refractivity contribution < 1.29 is 9.53 Å². The van der Waals surface area contributed by atoms with Crippen LogP contribution in [0.5, 0.6) is 5.75 Å². The number of carbonyl (C=O) groups is 1. The van der Waals surface area contributed by atoms with Crippen LogP contribution in [0.4, 0.5) is 5.69 Å². The van der Waals surface area contributed by atoms with Gasteiger partial charge >= 0.3 is 0 Å². The van der Waals surface area contributed by atoms with E-state index in [1.165, 1.54) is 0 Å². The number of hydrogen-bond acceptors (Lipinski definition) is 4. The van der Waals surface area contributed by atoms with Crippen LogP contribution in [0.2, 0.25) is 0 Å². The fourth-order valence-corrected chi connectivity index (χ4v) is 2.65. The van der Waals surface area contributed by atoms with E-state index in [2.05, 4.69) is 10.6 Å². The molecule has 1 aromatic carbocycles. The number of ether oxygens (including phenoxy) is 1. The summed E-state index contributed by atoms with van der Waals surface area (Å²) in [5.41, 5.74) is 0.391. The maximum Gasteiger partial charge on any atom is 0.247 e. The summed E-state index contributed by atoms with van der Waals surface area (Å²) in [4.78, 5) is 14.2. The van der Waals surface area contributed by atoms with Crippen molar-refractivity contribution in [2.45, 2.75) is 18.4 Å². The number of anilines is 1. The van der Waals surface area contributed by atoms with Crippen molar-refractivity contribution in [3.63, 3.8) is 0 Å². The molecule has 2 rings (SSSR count). The first kappa shape index (κ1) is 14.7. The van der Waals surface area contributed by atoms with Crippen molar-refractivity contribution in [1.82, 2.24) is 10.2 Å². The van der Waals surface area contributed by atoms with Crippen molar-refractivity contribution in [2.75, 3.05) is 39.6 Å². The first-order chi connectivity index (χ1) is 9.57. The minimum atomic E-state index is -0.527. The molecule has 110 valence electrons. The lowest BCUT2D eigenvalue weighted by Crippen LogP contribution is -2.57. The zero-order valence-corrected chi connectivity index (χ0v) is 12.4. The molecule has 0 bridgehead atoms. The van der Waals surface area contributed by atoms with Crippen molar-refractivity contribution in [3.8, 4) is 5.75 Å². The third-order valence-corrected chi connectivity index (χ3v) is 3.73. The topological polar surface area (TPSA) is 53.6 Å². The van der Waals surface area contributed by atoms with Gasteiger partial charge in [0.15, 0.2) is 0 Å². The Kier molecular flexibility index (Phi) is 4.49. The molecule has 0 spiro atoms. The molecule has 1 aliphatic rings. The van der Waals surface area contributed by atoms with Crippen molar-refractivity contribution in [2.24, 2.45) is 0 Å². The van der Waals surface area contributed by atoms with E-state index in [1.807, 2.05) is 24.3 Å². The van der Waals surface area contributed by atoms with Crippen LogP contribution in [0.3, 0.4) is 0 Å². The third-order valence-electron chi connectivity index (χ3n) is 3.73. The maximum atomic E-state index is 12.6. The largest absolute Gasteiger partial charge is 0.497 e. The molecule has 0 saturated carbocycles. The van der Waals surface area contributed by atoms with E-state index in [4.69, 9.17) is 4.74 Å². The summed E-state index contributed by atoms with van der Waals surface area (Å²) in [6.45, 7) is 1.69. The fourth-order valence-electron chi connectivity index (χ4n) is 2.65. The van der Waals surface area contributed by atoms with E-state index in [1.54, 1.807) is 26.1 Å². The van der Waals surface area contributed by atoms with Gasteiger partial charge in [-0.1, -0.05) is 6.07 Å². The van der Waals surface area contributed by atoms with E-state index in [0.29, 0.717) is 0 Å². The normalized spacial score (nSPS) is 17.4. The van der Waals surface area contributed by atoms with Gasteiger partial charge in [0, 0.05) is 25.8 Å². The number of amides is 1. The van der Waals surface area contributed by atoms with Crippen molar-refractivity contribution in [3.05, 3.63) is 24.3 Å². The number of carbonyl (C=O) groups excluding carboxylic acids is 1. The van der Waals surface area contributed by atoms with Gasteiger partial charge in [-0.25, -0.2) is 0 Å². The second-order valence-corrected chi connectivity index (χ2v) is 5.39. The number of nitrogens with zero attached hydrogens (tertiary/aromatic N) is 1. The zero-order valence-electron chi connectivity index (χ0n) is 12.4. The van der Waals surface area contributed by atoms with Crippen LogP contribution in [-0.4, -0.2) is 50.6 Å². The van der Waals surface area contributed by atoms with Crippen LogP contribution in [0.15, 0.2) is 24.3 Å². The molecule has 1 aromatic rings. The third kappa shape index (κ3) is 3.04. The van der Waals surface area contributed by atoms with Crippen LogP contribution >= 0.6 is 0 Å². The van der Waals surface area contributed by atoms with Gasteiger partial charge in [-0.15, -0.1) is 0 Å². The lowest BCUT2D eigenvalue weighted by molar-refractivity contribution is -0.134. The Hall–Kier alpha value is -1.75. The van der Waals surface area contributed by atoms with Crippen LogP contribution < -0.4 is 15.4 Å². The Morgan fingerprint density at radius 2 is 2.05 bits per heavy atom. The molecule has 0 unspecified atom stereocenters. The molecule has 1 amide bonds. The summed E-state index contributed by atoms with van der Waals surface area (Å²) in [5, 5.41) is 6.75. The van der Waals surface area contributed by atoms with Gasteiger partial charge in [0.2, 0.25) is 5.91 Å². The number of likely N-dealkylation sites (N-methyl/N-ethyl adjacent to an activating group) is 1. The van der Waals surface area contributed by atoms with Crippen LogP contribution in [0.25, 0.3) is 0 Å². The number of methoxy groups -OCH3 is 1. The molecule has 2 N–H and O–H groups in total. The number of hydrogen-bond donors (Lipinski definition) is 2. The monoisotopic (exact) mass is 277 g/mol. The van der Waals surface area contributed by atoms with Gasteiger partial charge in [0.05, 0.1) is 7.11 Å². The molecule has 5 heteroatoms. The Labute approximate surface area is 120 Å². The lowest BCUT2D eigenvalue weighted by atomic mass is 9.86. The van der Waals surface area contributed by atoms with Crippen LogP contribution in [0.1, 0.15) is 12.8 Å². The predicted molar refractivity (Wildman–Crippen MR) is 80.1 cm³/mol. The Balaban J connectivity index is 2.25. The smallest absolute Gasteiger partial charge is 0.247 e. The lowest BCUT2D eigenvalue weighted by Gasteiger charge is -2.39. The van der Waals surface area contributed by atoms with E-state index >= 15 is 0 Å². The molecule has 1 saturated heterocycles. The number of benzene rings is 1. The average Bonchev–Trinajstić information content (AvgIpc) is 2.47. The molecule has 0 atom stereocenters. The standard InChI is InChI=1S/C15H23N3O2/c1-18(2)14(19)15(7-9-16-10-8-15)17-12-5-4-6-13(11-12)20-3/h4-6,11,16-17H,7-10H2,1-3H3. The molecule has 1 fully saturated rings. The first-order valence-electron chi connectivity index (χ1n) is 6.92. The Morgan fingerprint density at radius 3 is 2.65 bits per heavy atom. The first-order valence-corrected chi connectivity index (χ1v) is 6.92. The summed E-state index contributed by atoms with van der Waals surface area (Å²) < 4.78 is 5.24. The molecule has 0 aliphatic carbocycles. The van der Waals surface area contributed by atoms with Gasteiger partial charge in [-0.3, -0.25) is 4.79 Å². The fraction of sp³-hybridized carbons (Fsp3) is 0.533. The molecular formula is C15H23N3O2. The number of rotatable bonds is 4. The van der Waals surface area contributed by atoms with Gasteiger partial charge in [0.1, 0.15) is 11.3 Å². The Morgan fingerprint density at radius 1 is 1.35 bits per heavy atom. The van der Waals surface area contributed by atoms with Crippen LogP contribution in [0, 0.1) is 0 Å². The highest BCUT2D eigenvalue weighted by Gasteiger charge is 2.40. The number of piperidine rings is 1. The predicted octanol–water partition coefficient (Wildman–Crippen LogP) is 1.32. The molecule has 20 heavy (non-hydrogen) atoms.